The van der Waals surface area contributed by atoms with Gasteiger partial charge in [-0.2, -0.15) is 0 Å². The van der Waals surface area contributed by atoms with Crippen molar-refractivity contribution in [3.63, 3.8) is 0 Å². The zero-order chi connectivity index (χ0) is 9.52. The van der Waals surface area contributed by atoms with E-state index in [-0.39, 0.29) is 6.61 Å². The van der Waals surface area contributed by atoms with Gasteiger partial charge in [-0.15, -0.1) is 0 Å². The zero-order valence-electron chi connectivity index (χ0n) is 7.25. The Morgan fingerprint density at radius 2 is 1.85 bits per heavy atom. The lowest BCUT2D eigenvalue weighted by atomic mass is 10.1. The molecule has 1 aromatic carbocycles. The fourth-order valence-corrected chi connectivity index (χ4v) is 1.09. The monoisotopic (exact) mass is 184 g/mol. The Bertz CT molecular complexity index is 228. The lowest BCUT2D eigenvalue weighted by Gasteiger charge is -2.00. The van der Waals surface area contributed by atoms with Crippen LogP contribution >= 0.6 is 0 Å². The fourth-order valence-electron chi connectivity index (χ4n) is 1.09. The average Bonchev–Trinajstić information content (AvgIpc) is 2.14. The molecule has 70 valence electrons. The smallest absolute Gasteiger partial charge is 0.379 e. The SMILES string of the molecule is FB(F)OCCCc1ccccc1. The molecule has 0 spiro atoms. The Morgan fingerprint density at radius 3 is 2.46 bits per heavy atom. The first kappa shape index (κ1) is 10.2. The van der Waals surface area contributed by atoms with Crippen LogP contribution in [-0.4, -0.2) is 14.1 Å². The van der Waals surface area contributed by atoms with Gasteiger partial charge in [-0.3, -0.25) is 8.63 Å². The van der Waals surface area contributed by atoms with Gasteiger partial charge in [0.2, 0.25) is 0 Å². The molecular formula is C9H11BF2O. The van der Waals surface area contributed by atoms with Crippen molar-refractivity contribution in [1.82, 2.24) is 0 Å². The van der Waals surface area contributed by atoms with Crippen LogP contribution in [0.1, 0.15) is 12.0 Å². The van der Waals surface area contributed by atoms with E-state index in [2.05, 4.69) is 4.65 Å². The van der Waals surface area contributed by atoms with Gasteiger partial charge >= 0.3 is 7.47 Å². The van der Waals surface area contributed by atoms with Crippen LogP contribution in [0.25, 0.3) is 0 Å². The molecule has 0 aliphatic heterocycles. The van der Waals surface area contributed by atoms with Crippen LogP contribution < -0.4 is 0 Å². The fraction of sp³-hybridized carbons (Fsp3) is 0.333. The van der Waals surface area contributed by atoms with E-state index in [4.69, 9.17) is 0 Å². The number of rotatable bonds is 5. The molecule has 0 radical (unpaired) electrons. The second kappa shape index (κ2) is 5.70. The third kappa shape index (κ3) is 4.63. The number of aryl methyl sites for hydroxylation is 1. The van der Waals surface area contributed by atoms with E-state index in [9.17, 15) is 8.63 Å². The topological polar surface area (TPSA) is 9.23 Å². The van der Waals surface area contributed by atoms with Gasteiger partial charge in [-0.05, 0) is 18.4 Å². The predicted octanol–water partition coefficient (Wildman–Crippen LogP) is 2.56. The molecule has 0 saturated carbocycles. The molecule has 0 heterocycles. The van der Waals surface area contributed by atoms with Crippen molar-refractivity contribution in [2.75, 3.05) is 6.61 Å². The van der Waals surface area contributed by atoms with E-state index in [1.165, 1.54) is 0 Å². The summed E-state index contributed by atoms with van der Waals surface area (Å²) in [6.45, 7) is 0.118. The van der Waals surface area contributed by atoms with Gasteiger partial charge in [0.25, 0.3) is 0 Å². The molecule has 0 unspecified atom stereocenters. The van der Waals surface area contributed by atoms with Crippen LogP contribution in [-0.2, 0) is 11.1 Å². The third-order valence-corrected chi connectivity index (χ3v) is 1.70. The number of halogens is 2. The quantitative estimate of drug-likeness (QED) is 0.504. The molecule has 0 aliphatic carbocycles. The van der Waals surface area contributed by atoms with Crippen molar-refractivity contribution in [2.24, 2.45) is 0 Å². The molecule has 1 rings (SSSR count). The van der Waals surface area contributed by atoms with Crippen LogP contribution in [0.4, 0.5) is 8.63 Å². The lowest BCUT2D eigenvalue weighted by molar-refractivity contribution is 0.251. The first-order chi connectivity index (χ1) is 6.29. The average molecular weight is 184 g/mol. The first-order valence-corrected chi connectivity index (χ1v) is 4.23. The highest BCUT2D eigenvalue weighted by molar-refractivity contribution is 6.34. The largest absolute Gasteiger partial charge is 0.721 e. The van der Waals surface area contributed by atoms with Crippen LogP contribution in [0.3, 0.4) is 0 Å². The van der Waals surface area contributed by atoms with E-state index < -0.39 is 7.47 Å². The molecular weight excluding hydrogens is 173 g/mol. The van der Waals surface area contributed by atoms with Crippen molar-refractivity contribution in [3.8, 4) is 0 Å². The van der Waals surface area contributed by atoms with Crippen LogP contribution in [0, 0.1) is 0 Å². The first-order valence-electron chi connectivity index (χ1n) is 4.23. The van der Waals surface area contributed by atoms with Gasteiger partial charge in [-0.1, -0.05) is 30.3 Å². The minimum Gasteiger partial charge on any atom is -0.379 e. The van der Waals surface area contributed by atoms with Crippen molar-refractivity contribution >= 4 is 7.47 Å². The highest BCUT2D eigenvalue weighted by Gasteiger charge is 2.13. The normalized spacial score (nSPS) is 10.0. The summed E-state index contributed by atoms with van der Waals surface area (Å²) < 4.78 is 27.2. The second-order valence-electron chi connectivity index (χ2n) is 2.72. The van der Waals surface area contributed by atoms with E-state index in [1.807, 2.05) is 30.3 Å². The second-order valence-corrected chi connectivity index (χ2v) is 2.72. The predicted molar refractivity (Wildman–Crippen MR) is 48.7 cm³/mol. The van der Waals surface area contributed by atoms with Gasteiger partial charge in [0, 0.05) is 6.61 Å². The van der Waals surface area contributed by atoms with Crippen LogP contribution in [0.5, 0.6) is 0 Å². The van der Waals surface area contributed by atoms with Gasteiger partial charge < -0.3 is 4.65 Å². The van der Waals surface area contributed by atoms with E-state index in [0.717, 1.165) is 12.0 Å². The Labute approximate surface area is 76.9 Å². The number of hydrogen-bond acceptors (Lipinski definition) is 1. The maximum atomic E-state index is 11.5. The van der Waals surface area contributed by atoms with Gasteiger partial charge in [0.15, 0.2) is 0 Å². The summed E-state index contributed by atoms with van der Waals surface area (Å²) in [5.74, 6) is 0. The Kier molecular flexibility index (Phi) is 4.47. The molecule has 0 bridgehead atoms. The van der Waals surface area contributed by atoms with E-state index in [1.54, 1.807) is 0 Å². The highest BCUT2D eigenvalue weighted by Crippen LogP contribution is 2.02. The highest BCUT2D eigenvalue weighted by atomic mass is 19.2. The summed E-state index contributed by atoms with van der Waals surface area (Å²) in [6, 6.07) is 9.75. The molecule has 0 fully saturated rings. The summed E-state index contributed by atoms with van der Waals surface area (Å²) in [4.78, 5) is 0. The van der Waals surface area contributed by atoms with E-state index in [0.29, 0.717) is 6.42 Å². The Hall–Kier alpha value is -0.895. The maximum absolute atomic E-state index is 11.5. The molecule has 0 aliphatic rings. The summed E-state index contributed by atoms with van der Waals surface area (Å²) >= 11 is 0. The lowest BCUT2D eigenvalue weighted by Crippen LogP contribution is -2.06. The minimum absolute atomic E-state index is 0.118. The van der Waals surface area contributed by atoms with E-state index >= 15 is 0 Å². The maximum Gasteiger partial charge on any atom is 0.721 e. The zero-order valence-corrected chi connectivity index (χ0v) is 7.25. The van der Waals surface area contributed by atoms with Crippen molar-refractivity contribution in [2.45, 2.75) is 12.8 Å². The Morgan fingerprint density at radius 1 is 1.15 bits per heavy atom. The van der Waals surface area contributed by atoms with Crippen molar-refractivity contribution in [1.29, 1.82) is 0 Å². The molecule has 1 nitrogen and oxygen atoms in total. The van der Waals surface area contributed by atoms with Crippen LogP contribution in [0.2, 0.25) is 0 Å². The summed E-state index contributed by atoms with van der Waals surface area (Å²) in [5.41, 5.74) is 1.15. The summed E-state index contributed by atoms with van der Waals surface area (Å²) in [6.07, 6.45) is 1.42. The molecule has 0 N–H and O–H groups in total. The standard InChI is InChI=1S/C9H11BF2O/c11-10(12)13-8-4-7-9-5-2-1-3-6-9/h1-3,5-6H,4,7-8H2. The Balaban J connectivity index is 2.13. The van der Waals surface area contributed by atoms with Crippen LogP contribution in [0.15, 0.2) is 30.3 Å². The summed E-state index contributed by atoms with van der Waals surface area (Å²) in [7, 11) is -2.64. The van der Waals surface area contributed by atoms with Gasteiger partial charge in [-0.25, -0.2) is 0 Å². The van der Waals surface area contributed by atoms with Crippen molar-refractivity contribution < 1.29 is 13.3 Å². The van der Waals surface area contributed by atoms with Crippen molar-refractivity contribution in [3.05, 3.63) is 35.9 Å². The molecule has 0 saturated heterocycles. The van der Waals surface area contributed by atoms with Gasteiger partial charge in [0.05, 0.1) is 0 Å². The molecule has 0 amide bonds. The summed E-state index contributed by atoms with van der Waals surface area (Å²) in [5, 5.41) is 0. The molecule has 0 aromatic heterocycles. The molecule has 0 atom stereocenters. The van der Waals surface area contributed by atoms with Gasteiger partial charge in [0.1, 0.15) is 0 Å². The number of benzene rings is 1. The minimum atomic E-state index is -2.64. The molecule has 1 aromatic rings. The molecule has 4 heteroatoms. The molecule has 13 heavy (non-hydrogen) atoms. The number of hydrogen-bond donors (Lipinski definition) is 0. The third-order valence-electron chi connectivity index (χ3n) is 1.70.